The van der Waals surface area contributed by atoms with E-state index in [1.54, 1.807) is 0 Å². The van der Waals surface area contributed by atoms with Gasteiger partial charge in [-0.1, -0.05) is 33.1 Å². The Labute approximate surface area is 159 Å². The third-order valence-electron chi connectivity index (χ3n) is 4.01. The molecule has 0 aromatic rings. The summed E-state index contributed by atoms with van der Waals surface area (Å²) in [6, 6.07) is 0. The Hall–Kier alpha value is -0.690. The Balaban J connectivity index is 3.30. The summed E-state index contributed by atoms with van der Waals surface area (Å²) in [5.74, 6) is 0.374. The molecule has 0 bridgehead atoms. The number of carbonyl (C=O) groups excluding carboxylic acids is 1. The molecule has 0 aliphatic rings. The van der Waals surface area contributed by atoms with Crippen molar-refractivity contribution >= 4 is 5.97 Å². The highest BCUT2D eigenvalue weighted by molar-refractivity contribution is 5.69. The molecule has 0 aromatic heterocycles. The molecular formula is C20H40O6. The summed E-state index contributed by atoms with van der Waals surface area (Å²) in [6.07, 6.45) is 5.69. The molecule has 26 heavy (non-hydrogen) atoms. The molecule has 0 spiro atoms. The number of esters is 1. The number of unbranched alkanes of at least 4 members (excludes halogenated alkanes) is 1. The van der Waals surface area contributed by atoms with Crippen molar-refractivity contribution in [3.8, 4) is 0 Å². The second-order valence-corrected chi connectivity index (χ2v) is 6.24. The smallest absolute Gasteiger partial charge is 0.305 e. The molecule has 0 rings (SSSR count). The Kier molecular flexibility index (Phi) is 20.1. The van der Waals surface area contributed by atoms with Gasteiger partial charge in [-0.05, 0) is 25.7 Å². The first-order valence-corrected chi connectivity index (χ1v) is 10.2. The van der Waals surface area contributed by atoms with E-state index in [0.29, 0.717) is 78.2 Å². The normalized spacial score (nSPS) is 12.3. The minimum Gasteiger partial charge on any atom is -0.465 e. The summed E-state index contributed by atoms with van der Waals surface area (Å²) < 4.78 is 26.7. The van der Waals surface area contributed by atoms with Gasteiger partial charge in [0.2, 0.25) is 0 Å². The van der Waals surface area contributed by atoms with Gasteiger partial charge in [-0.15, -0.1) is 0 Å². The van der Waals surface area contributed by atoms with Crippen LogP contribution in [0.2, 0.25) is 0 Å². The molecule has 0 aliphatic carbocycles. The maximum Gasteiger partial charge on any atom is 0.305 e. The lowest BCUT2D eigenvalue weighted by Crippen LogP contribution is -2.15. The van der Waals surface area contributed by atoms with E-state index in [1.807, 2.05) is 6.92 Å². The number of rotatable bonds is 20. The van der Waals surface area contributed by atoms with E-state index in [1.165, 1.54) is 12.8 Å². The number of hydrogen-bond acceptors (Lipinski definition) is 6. The van der Waals surface area contributed by atoms with Crippen LogP contribution in [-0.4, -0.2) is 65.4 Å². The first-order chi connectivity index (χ1) is 12.7. The molecule has 156 valence electrons. The highest BCUT2D eigenvalue weighted by Gasteiger charge is 2.09. The average Bonchev–Trinajstić information content (AvgIpc) is 2.65. The molecule has 0 heterocycles. The van der Waals surface area contributed by atoms with Crippen molar-refractivity contribution in [1.82, 2.24) is 0 Å². The average molecular weight is 377 g/mol. The fourth-order valence-electron chi connectivity index (χ4n) is 2.30. The van der Waals surface area contributed by atoms with Crippen LogP contribution < -0.4 is 0 Å². The molecule has 0 saturated carbocycles. The van der Waals surface area contributed by atoms with Crippen LogP contribution in [-0.2, 0) is 28.5 Å². The SMILES string of the molecule is CCCCC(CC)COC(=O)CCCOCCOCCOCCOCC. The molecule has 6 heteroatoms. The fourth-order valence-corrected chi connectivity index (χ4v) is 2.30. The van der Waals surface area contributed by atoms with Gasteiger partial charge in [0.15, 0.2) is 0 Å². The molecule has 1 unspecified atom stereocenters. The molecule has 0 saturated heterocycles. The summed E-state index contributed by atoms with van der Waals surface area (Å²) in [7, 11) is 0. The summed E-state index contributed by atoms with van der Waals surface area (Å²) in [5.41, 5.74) is 0. The maximum atomic E-state index is 11.7. The Bertz CT molecular complexity index is 298. The van der Waals surface area contributed by atoms with Crippen molar-refractivity contribution in [2.45, 2.75) is 59.3 Å². The zero-order valence-corrected chi connectivity index (χ0v) is 17.1. The van der Waals surface area contributed by atoms with Crippen LogP contribution in [0.1, 0.15) is 59.3 Å². The first kappa shape index (κ1) is 25.3. The lowest BCUT2D eigenvalue weighted by atomic mass is 10.0. The van der Waals surface area contributed by atoms with E-state index in [4.69, 9.17) is 23.7 Å². The van der Waals surface area contributed by atoms with Gasteiger partial charge < -0.3 is 23.7 Å². The molecule has 0 fully saturated rings. The molecule has 0 aliphatic heterocycles. The minimum atomic E-state index is -0.121. The lowest BCUT2D eigenvalue weighted by molar-refractivity contribution is -0.145. The highest BCUT2D eigenvalue weighted by Crippen LogP contribution is 2.13. The summed E-state index contributed by atoms with van der Waals surface area (Å²) in [4.78, 5) is 11.7. The highest BCUT2D eigenvalue weighted by atomic mass is 16.6. The van der Waals surface area contributed by atoms with E-state index in [0.717, 1.165) is 12.8 Å². The van der Waals surface area contributed by atoms with Gasteiger partial charge in [-0.25, -0.2) is 0 Å². The van der Waals surface area contributed by atoms with Crippen molar-refractivity contribution in [2.75, 3.05) is 59.5 Å². The number of hydrogen-bond donors (Lipinski definition) is 0. The van der Waals surface area contributed by atoms with E-state index in [2.05, 4.69) is 13.8 Å². The first-order valence-electron chi connectivity index (χ1n) is 10.2. The topological polar surface area (TPSA) is 63.2 Å². The van der Waals surface area contributed by atoms with Crippen molar-refractivity contribution in [2.24, 2.45) is 5.92 Å². The zero-order valence-electron chi connectivity index (χ0n) is 17.1. The van der Waals surface area contributed by atoms with Gasteiger partial charge in [0.1, 0.15) is 0 Å². The van der Waals surface area contributed by atoms with Gasteiger partial charge >= 0.3 is 5.97 Å². The van der Waals surface area contributed by atoms with E-state index in [-0.39, 0.29) is 5.97 Å². The Morgan fingerprint density at radius 3 is 1.88 bits per heavy atom. The van der Waals surface area contributed by atoms with Crippen LogP contribution in [0.5, 0.6) is 0 Å². The zero-order chi connectivity index (χ0) is 19.3. The van der Waals surface area contributed by atoms with Crippen molar-refractivity contribution < 1.29 is 28.5 Å². The van der Waals surface area contributed by atoms with Crippen molar-refractivity contribution in [3.05, 3.63) is 0 Å². The van der Waals surface area contributed by atoms with E-state index < -0.39 is 0 Å². The molecular weight excluding hydrogens is 336 g/mol. The molecule has 1 atom stereocenters. The maximum absolute atomic E-state index is 11.7. The molecule has 0 N–H and O–H groups in total. The van der Waals surface area contributed by atoms with Gasteiger partial charge in [0.05, 0.1) is 46.2 Å². The minimum absolute atomic E-state index is 0.121. The predicted octanol–water partition coefficient (Wildman–Crippen LogP) is 3.61. The Morgan fingerprint density at radius 1 is 0.769 bits per heavy atom. The van der Waals surface area contributed by atoms with Crippen LogP contribution in [0, 0.1) is 5.92 Å². The lowest BCUT2D eigenvalue weighted by Gasteiger charge is -2.14. The van der Waals surface area contributed by atoms with Crippen LogP contribution in [0.4, 0.5) is 0 Å². The molecule has 0 aromatic carbocycles. The summed E-state index contributed by atoms with van der Waals surface area (Å²) in [6.45, 7) is 11.5. The quantitative estimate of drug-likeness (QED) is 0.239. The number of carbonyl (C=O) groups is 1. The van der Waals surface area contributed by atoms with Crippen LogP contribution in [0.15, 0.2) is 0 Å². The van der Waals surface area contributed by atoms with Crippen LogP contribution in [0.25, 0.3) is 0 Å². The van der Waals surface area contributed by atoms with Crippen molar-refractivity contribution in [3.63, 3.8) is 0 Å². The van der Waals surface area contributed by atoms with Gasteiger partial charge in [-0.3, -0.25) is 4.79 Å². The second-order valence-electron chi connectivity index (χ2n) is 6.24. The fraction of sp³-hybridized carbons (Fsp3) is 0.950. The molecule has 0 radical (unpaired) electrons. The standard InChI is InChI=1S/C20H40O6/c1-4-7-9-19(5-2)18-26-20(21)10-8-11-23-14-15-25-17-16-24-13-12-22-6-3/h19H,4-18H2,1-3H3. The summed E-state index contributed by atoms with van der Waals surface area (Å²) >= 11 is 0. The van der Waals surface area contributed by atoms with Gasteiger partial charge in [-0.2, -0.15) is 0 Å². The third-order valence-corrected chi connectivity index (χ3v) is 4.01. The largest absolute Gasteiger partial charge is 0.465 e. The van der Waals surface area contributed by atoms with E-state index >= 15 is 0 Å². The molecule has 0 amide bonds. The van der Waals surface area contributed by atoms with Gasteiger partial charge in [0.25, 0.3) is 0 Å². The van der Waals surface area contributed by atoms with Crippen LogP contribution >= 0.6 is 0 Å². The van der Waals surface area contributed by atoms with E-state index in [9.17, 15) is 4.79 Å². The number of ether oxygens (including phenoxy) is 5. The monoisotopic (exact) mass is 376 g/mol. The summed E-state index contributed by atoms with van der Waals surface area (Å²) in [5, 5.41) is 0. The van der Waals surface area contributed by atoms with Crippen LogP contribution in [0.3, 0.4) is 0 Å². The third kappa shape index (κ3) is 18.1. The predicted molar refractivity (Wildman–Crippen MR) is 102 cm³/mol. The van der Waals surface area contributed by atoms with Crippen molar-refractivity contribution in [1.29, 1.82) is 0 Å². The second kappa shape index (κ2) is 20.6. The Morgan fingerprint density at radius 2 is 1.35 bits per heavy atom. The molecule has 6 nitrogen and oxygen atoms in total. The van der Waals surface area contributed by atoms with Gasteiger partial charge in [0, 0.05) is 19.6 Å².